The number of nitrogens with zero attached hydrogens (tertiary/aromatic N) is 1. The van der Waals surface area contributed by atoms with Crippen LogP contribution in [0.2, 0.25) is 0 Å². The van der Waals surface area contributed by atoms with Crippen LogP contribution in [0.3, 0.4) is 0 Å². The average molecular weight is 257 g/mol. The molecule has 2 rings (SSSR count). The Morgan fingerprint density at radius 1 is 1.05 bits per heavy atom. The van der Waals surface area contributed by atoms with Crippen molar-refractivity contribution in [3.63, 3.8) is 0 Å². The number of hydrogen-bond acceptors (Lipinski definition) is 1. The van der Waals surface area contributed by atoms with Crippen LogP contribution in [0.5, 0.6) is 0 Å². The Morgan fingerprint density at radius 2 is 1.89 bits per heavy atom. The Hall–Kier alpha value is -1.08. The van der Waals surface area contributed by atoms with Gasteiger partial charge in [-0.3, -0.25) is 4.90 Å². The molecule has 1 heterocycles. The molecule has 0 saturated carbocycles. The number of benzene rings is 1. The van der Waals surface area contributed by atoms with Crippen molar-refractivity contribution in [2.24, 2.45) is 0 Å². The molecule has 0 aromatic heterocycles. The molecule has 0 fully saturated rings. The van der Waals surface area contributed by atoms with Crippen LogP contribution < -0.4 is 0 Å². The Labute approximate surface area is 118 Å². The summed E-state index contributed by atoms with van der Waals surface area (Å²) in [7, 11) is 0. The van der Waals surface area contributed by atoms with E-state index >= 15 is 0 Å². The summed E-state index contributed by atoms with van der Waals surface area (Å²) < 4.78 is 0. The minimum atomic E-state index is 1.10. The summed E-state index contributed by atoms with van der Waals surface area (Å²) in [6.45, 7) is 5.74. The van der Waals surface area contributed by atoms with Crippen LogP contribution >= 0.6 is 0 Å². The lowest BCUT2D eigenvalue weighted by Crippen LogP contribution is -2.28. The molecule has 0 N–H and O–H groups in total. The number of hydrogen-bond donors (Lipinski definition) is 0. The fourth-order valence-electron chi connectivity index (χ4n) is 2.74. The maximum Gasteiger partial charge on any atom is 0.0237 e. The molecule has 1 aromatic carbocycles. The van der Waals surface area contributed by atoms with Gasteiger partial charge in [0.05, 0.1) is 0 Å². The van der Waals surface area contributed by atoms with Crippen molar-refractivity contribution >= 4 is 0 Å². The topological polar surface area (TPSA) is 3.24 Å². The molecule has 0 bridgehead atoms. The fraction of sp³-hybridized carbons (Fsp3) is 0.556. The van der Waals surface area contributed by atoms with Gasteiger partial charge in [-0.1, -0.05) is 68.2 Å². The summed E-state index contributed by atoms with van der Waals surface area (Å²) in [5.74, 6) is 0. The van der Waals surface area contributed by atoms with E-state index in [2.05, 4.69) is 48.2 Å². The monoisotopic (exact) mass is 257 g/mol. The van der Waals surface area contributed by atoms with Crippen LogP contribution in [-0.4, -0.2) is 18.0 Å². The Bertz CT molecular complexity index is 380. The molecular weight excluding hydrogens is 230 g/mol. The summed E-state index contributed by atoms with van der Waals surface area (Å²) in [5.41, 5.74) is 3.13. The number of unbranched alkanes of at least 4 members (excludes halogenated alkanes) is 3. The van der Waals surface area contributed by atoms with E-state index in [1.54, 1.807) is 5.57 Å². The molecule has 0 aliphatic carbocycles. The van der Waals surface area contributed by atoms with E-state index in [0.717, 1.165) is 13.1 Å². The van der Waals surface area contributed by atoms with Gasteiger partial charge in [-0.2, -0.15) is 0 Å². The van der Waals surface area contributed by atoms with Gasteiger partial charge in [-0.05, 0) is 24.8 Å². The van der Waals surface area contributed by atoms with Crippen molar-refractivity contribution in [2.45, 2.75) is 52.0 Å². The molecule has 19 heavy (non-hydrogen) atoms. The standard InChI is InChI=1S/C18H27N/c1-2-3-4-6-9-17-12-14-19(15-13-17)16-18-10-7-5-8-11-18/h5,7-8,10-12H,2-4,6,9,13-16H2,1H3. The van der Waals surface area contributed by atoms with Crippen LogP contribution in [0.25, 0.3) is 0 Å². The summed E-state index contributed by atoms with van der Waals surface area (Å²) in [4.78, 5) is 2.55. The maximum atomic E-state index is 2.55. The van der Waals surface area contributed by atoms with Crippen molar-refractivity contribution in [3.8, 4) is 0 Å². The van der Waals surface area contributed by atoms with Crippen molar-refractivity contribution in [1.29, 1.82) is 0 Å². The van der Waals surface area contributed by atoms with Crippen molar-refractivity contribution in [3.05, 3.63) is 47.5 Å². The average Bonchev–Trinajstić information content (AvgIpc) is 2.46. The van der Waals surface area contributed by atoms with Gasteiger partial charge < -0.3 is 0 Å². The zero-order valence-corrected chi connectivity index (χ0v) is 12.3. The van der Waals surface area contributed by atoms with Crippen LogP contribution in [-0.2, 0) is 6.54 Å². The predicted octanol–water partition coefficient (Wildman–Crippen LogP) is 4.79. The van der Waals surface area contributed by atoms with Gasteiger partial charge in [0.1, 0.15) is 0 Å². The van der Waals surface area contributed by atoms with E-state index in [1.807, 2.05) is 0 Å². The molecule has 1 heteroatoms. The van der Waals surface area contributed by atoms with E-state index in [1.165, 1.54) is 50.6 Å². The van der Waals surface area contributed by atoms with Crippen LogP contribution in [0.1, 0.15) is 51.0 Å². The van der Waals surface area contributed by atoms with Gasteiger partial charge in [-0.25, -0.2) is 0 Å². The predicted molar refractivity (Wildman–Crippen MR) is 83.2 cm³/mol. The highest BCUT2D eigenvalue weighted by Gasteiger charge is 2.11. The Kier molecular flexibility index (Phi) is 6.16. The maximum absolute atomic E-state index is 2.55. The Morgan fingerprint density at radius 3 is 2.58 bits per heavy atom. The SMILES string of the molecule is CCCCCCC1=CCN(Cc2ccccc2)CC1. The molecule has 1 aromatic rings. The largest absolute Gasteiger partial charge is 0.295 e. The molecule has 0 saturated heterocycles. The molecule has 1 nitrogen and oxygen atoms in total. The summed E-state index contributed by atoms with van der Waals surface area (Å²) in [5, 5.41) is 0. The van der Waals surface area contributed by atoms with Gasteiger partial charge in [0, 0.05) is 19.6 Å². The van der Waals surface area contributed by atoms with Crippen molar-refractivity contribution in [2.75, 3.05) is 13.1 Å². The molecule has 1 aliphatic heterocycles. The molecule has 0 radical (unpaired) electrons. The minimum Gasteiger partial charge on any atom is -0.295 e. The summed E-state index contributed by atoms with van der Waals surface area (Å²) in [6, 6.07) is 10.8. The highest BCUT2D eigenvalue weighted by atomic mass is 15.1. The van der Waals surface area contributed by atoms with E-state index in [-0.39, 0.29) is 0 Å². The molecular formula is C18H27N. The zero-order valence-electron chi connectivity index (χ0n) is 12.3. The molecule has 0 unspecified atom stereocenters. The highest BCUT2D eigenvalue weighted by molar-refractivity contribution is 5.15. The first-order valence-corrected chi connectivity index (χ1v) is 7.82. The molecule has 104 valence electrons. The molecule has 0 atom stereocenters. The molecule has 1 aliphatic rings. The second kappa shape index (κ2) is 8.16. The third-order valence-corrected chi connectivity index (χ3v) is 3.99. The normalized spacial score (nSPS) is 16.4. The lowest BCUT2D eigenvalue weighted by Gasteiger charge is -2.26. The summed E-state index contributed by atoms with van der Waals surface area (Å²) in [6.07, 6.45) is 10.6. The van der Waals surface area contributed by atoms with Gasteiger partial charge >= 0.3 is 0 Å². The number of rotatable bonds is 7. The van der Waals surface area contributed by atoms with E-state index < -0.39 is 0 Å². The van der Waals surface area contributed by atoms with Crippen LogP contribution in [0.15, 0.2) is 42.0 Å². The third-order valence-electron chi connectivity index (χ3n) is 3.99. The lowest BCUT2D eigenvalue weighted by atomic mass is 10.0. The fourth-order valence-corrected chi connectivity index (χ4v) is 2.74. The lowest BCUT2D eigenvalue weighted by molar-refractivity contribution is 0.283. The highest BCUT2D eigenvalue weighted by Crippen LogP contribution is 2.19. The van der Waals surface area contributed by atoms with E-state index in [9.17, 15) is 0 Å². The van der Waals surface area contributed by atoms with E-state index in [0.29, 0.717) is 0 Å². The van der Waals surface area contributed by atoms with Gasteiger partial charge in [0.25, 0.3) is 0 Å². The smallest absolute Gasteiger partial charge is 0.0237 e. The summed E-state index contributed by atoms with van der Waals surface area (Å²) >= 11 is 0. The molecule has 0 amide bonds. The van der Waals surface area contributed by atoms with Gasteiger partial charge in [-0.15, -0.1) is 0 Å². The van der Waals surface area contributed by atoms with Crippen molar-refractivity contribution in [1.82, 2.24) is 4.90 Å². The van der Waals surface area contributed by atoms with Crippen LogP contribution in [0, 0.1) is 0 Å². The first kappa shape index (κ1) is 14.3. The first-order valence-electron chi connectivity index (χ1n) is 7.82. The van der Waals surface area contributed by atoms with Gasteiger partial charge in [0.15, 0.2) is 0 Å². The minimum absolute atomic E-state index is 1.10. The van der Waals surface area contributed by atoms with Crippen LogP contribution in [0.4, 0.5) is 0 Å². The molecule has 0 spiro atoms. The quantitative estimate of drug-likeness (QED) is 0.501. The zero-order chi connectivity index (χ0) is 13.3. The van der Waals surface area contributed by atoms with Crippen molar-refractivity contribution < 1.29 is 0 Å². The third kappa shape index (κ3) is 5.20. The second-order valence-corrected chi connectivity index (χ2v) is 5.64. The Balaban J connectivity index is 1.70. The van der Waals surface area contributed by atoms with E-state index in [4.69, 9.17) is 0 Å². The first-order chi connectivity index (χ1) is 9.38. The van der Waals surface area contributed by atoms with Gasteiger partial charge in [0.2, 0.25) is 0 Å². The second-order valence-electron chi connectivity index (χ2n) is 5.64.